The summed E-state index contributed by atoms with van der Waals surface area (Å²) in [5, 5.41) is 11.5. The number of nitrogens with two attached hydrogens (primary N) is 1. The monoisotopic (exact) mass is 577 g/mol. The first-order valence-electron chi connectivity index (χ1n) is 12.8. The van der Waals surface area contributed by atoms with Crippen LogP contribution in [0, 0.1) is 10.1 Å². The number of carbonyl (C=O) groups excluding carboxylic acids is 4. The quantitative estimate of drug-likeness (QED) is 0.0903. The Balaban J connectivity index is 2.66. The fourth-order valence-electron chi connectivity index (χ4n) is 4.11. The van der Waals surface area contributed by atoms with Crippen molar-refractivity contribution in [3.63, 3.8) is 0 Å². The highest BCUT2D eigenvalue weighted by Crippen LogP contribution is 2.44. The average Bonchev–Trinajstić information content (AvgIpc) is 2.91. The summed E-state index contributed by atoms with van der Waals surface area (Å²) in [6.07, 6.45) is -1.21. The smallest absolute Gasteiger partial charge is 0.421 e. The van der Waals surface area contributed by atoms with E-state index in [1.54, 1.807) is 13.8 Å². The van der Waals surface area contributed by atoms with Gasteiger partial charge in [0.15, 0.2) is 0 Å². The molecule has 0 radical (unpaired) electrons. The fraction of sp³-hybridized carbons (Fsp3) is 0.481. The second kappa shape index (κ2) is 15.5. The van der Waals surface area contributed by atoms with Crippen LogP contribution in [0.15, 0.2) is 46.8 Å². The first-order valence-corrected chi connectivity index (χ1v) is 12.8. The van der Waals surface area contributed by atoms with Crippen LogP contribution in [0.1, 0.15) is 52.0 Å². The van der Waals surface area contributed by atoms with Crippen molar-refractivity contribution in [2.24, 2.45) is 5.73 Å². The Labute approximate surface area is 237 Å². The number of allylic oxidation sites excluding steroid dienone is 2. The molecule has 0 saturated carbocycles. The van der Waals surface area contributed by atoms with E-state index in [0.717, 1.165) is 4.90 Å². The number of rotatable bonds is 13. The van der Waals surface area contributed by atoms with Crippen molar-refractivity contribution in [1.82, 2.24) is 4.90 Å². The maximum atomic E-state index is 13.5. The number of ether oxygens (including phenoxy) is 5. The van der Waals surface area contributed by atoms with E-state index in [-0.39, 0.29) is 60.0 Å². The molecular weight excluding hydrogens is 542 g/mol. The van der Waals surface area contributed by atoms with Gasteiger partial charge >= 0.3 is 24.0 Å². The lowest BCUT2D eigenvalue weighted by molar-refractivity contribution is -0.384. The van der Waals surface area contributed by atoms with Gasteiger partial charge in [-0.25, -0.2) is 14.4 Å². The molecule has 1 atom stereocenters. The van der Waals surface area contributed by atoms with Gasteiger partial charge in [-0.1, -0.05) is 12.1 Å². The summed E-state index contributed by atoms with van der Waals surface area (Å²) in [7, 11) is 1.41. The van der Waals surface area contributed by atoms with Gasteiger partial charge in [0.25, 0.3) is 5.69 Å². The predicted molar refractivity (Wildman–Crippen MR) is 143 cm³/mol. The molecule has 0 bridgehead atoms. The molecule has 0 aliphatic carbocycles. The van der Waals surface area contributed by atoms with Crippen molar-refractivity contribution in [2.45, 2.75) is 52.6 Å². The zero-order valence-electron chi connectivity index (χ0n) is 23.7. The Bertz CT molecular complexity index is 1220. The van der Waals surface area contributed by atoms with Crippen molar-refractivity contribution in [3.05, 3.63) is 62.5 Å². The van der Waals surface area contributed by atoms with Crippen molar-refractivity contribution in [3.8, 4) is 0 Å². The Morgan fingerprint density at radius 2 is 1.68 bits per heavy atom. The molecule has 1 aliphatic rings. The minimum Gasteiger partial charge on any atom is -0.460 e. The topological polar surface area (TPSA) is 187 Å². The van der Waals surface area contributed by atoms with Crippen molar-refractivity contribution >= 4 is 29.7 Å². The summed E-state index contributed by atoms with van der Waals surface area (Å²) >= 11 is 0. The number of amides is 1. The van der Waals surface area contributed by atoms with Gasteiger partial charge in [0, 0.05) is 37.1 Å². The molecule has 14 nitrogen and oxygen atoms in total. The normalized spacial score (nSPS) is 15.1. The van der Waals surface area contributed by atoms with Crippen molar-refractivity contribution in [2.75, 3.05) is 33.7 Å². The number of nitrogens with zero attached hydrogens (tertiary/aromatic N) is 2. The number of esters is 3. The van der Waals surface area contributed by atoms with Crippen LogP contribution in [0.2, 0.25) is 0 Å². The molecule has 0 fully saturated rings. The molecule has 0 saturated heterocycles. The third-order valence-corrected chi connectivity index (χ3v) is 5.92. The highest BCUT2D eigenvalue weighted by Gasteiger charge is 2.43. The molecular formula is C27H35N3O11. The largest absolute Gasteiger partial charge is 0.460 e. The number of hydrogen-bond acceptors (Lipinski definition) is 12. The van der Waals surface area contributed by atoms with E-state index in [9.17, 15) is 29.3 Å². The number of carbonyl (C=O) groups is 4. The van der Waals surface area contributed by atoms with Gasteiger partial charge in [-0.2, -0.15) is 0 Å². The summed E-state index contributed by atoms with van der Waals surface area (Å²) in [5.41, 5.74) is 5.09. The molecule has 1 amide bonds. The van der Waals surface area contributed by atoms with Gasteiger partial charge in [-0.05, 0) is 46.2 Å². The van der Waals surface area contributed by atoms with Gasteiger partial charge in [0.1, 0.15) is 6.61 Å². The second-order valence-electron chi connectivity index (χ2n) is 9.14. The van der Waals surface area contributed by atoms with Gasteiger partial charge in [0.2, 0.25) is 6.79 Å². The van der Waals surface area contributed by atoms with Crippen LogP contribution in [0.25, 0.3) is 0 Å². The molecule has 1 aromatic carbocycles. The molecule has 1 aromatic rings. The summed E-state index contributed by atoms with van der Waals surface area (Å²) in [5.74, 6) is -3.59. The molecule has 0 spiro atoms. The van der Waals surface area contributed by atoms with E-state index < -0.39 is 47.7 Å². The van der Waals surface area contributed by atoms with E-state index in [2.05, 4.69) is 0 Å². The lowest BCUT2D eigenvalue weighted by Gasteiger charge is -2.36. The van der Waals surface area contributed by atoms with Gasteiger partial charge in [-0.3, -0.25) is 19.8 Å². The fourth-order valence-corrected chi connectivity index (χ4v) is 4.11. The van der Waals surface area contributed by atoms with Gasteiger partial charge < -0.3 is 29.4 Å². The molecule has 14 heteroatoms. The molecule has 41 heavy (non-hydrogen) atoms. The van der Waals surface area contributed by atoms with Gasteiger partial charge in [0.05, 0.1) is 34.7 Å². The van der Waals surface area contributed by atoms with Crippen molar-refractivity contribution < 1.29 is 47.8 Å². The van der Waals surface area contributed by atoms with E-state index in [4.69, 9.17) is 29.4 Å². The number of hydrogen-bond donors (Lipinski definition) is 1. The minimum atomic E-state index is -1.20. The van der Waals surface area contributed by atoms with Crippen LogP contribution in [-0.2, 0) is 38.1 Å². The molecule has 1 aliphatic heterocycles. The third kappa shape index (κ3) is 8.59. The third-order valence-electron chi connectivity index (χ3n) is 5.92. The van der Waals surface area contributed by atoms with E-state index in [1.807, 2.05) is 0 Å². The van der Waals surface area contributed by atoms with E-state index in [1.165, 1.54) is 45.2 Å². The first-order chi connectivity index (χ1) is 19.4. The van der Waals surface area contributed by atoms with E-state index in [0.29, 0.717) is 6.42 Å². The summed E-state index contributed by atoms with van der Waals surface area (Å²) < 4.78 is 25.8. The van der Waals surface area contributed by atoms with Crippen LogP contribution in [0.4, 0.5) is 10.5 Å². The summed E-state index contributed by atoms with van der Waals surface area (Å²) in [6.45, 7) is 5.57. The second-order valence-corrected chi connectivity index (χ2v) is 9.14. The highest BCUT2D eigenvalue weighted by molar-refractivity contribution is 6.01. The van der Waals surface area contributed by atoms with Crippen LogP contribution in [0.5, 0.6) is 0 Å². The van der Waals surface area contributed by atoms with Gasteiger partial charge in [-0.15, -0.1) is 0 Å². The summed E-state index contributed by atoms with van der Waals surface area (Å²) in [4.78, 5) is 63.8. The number of non-ortho nitro benzene ring substituents is 1. The molecule has 2 N–H and O–H groups in total. The van der Waals surface area contributed by atoms with E-state index >= 15 is 0 Å². The zero-order chi connectivity index (χ0) is 30.7. The predicted octanol–water partition coefficient (Wildman–Crippen LogP) is 3.06. The maximum absolute atomic E-state index is 13.5. The van der Waals surface area contributed by atoms with Crippen molar-refractivity contribution in [1.29, 1.82) is 0 Å². The molecule has 2 rings (SSSR count). The molecule has 1 heterocycles. The molecule has 0 aromatic heterocycles. The number of nitro benzene ring substituents is 1. The van der Waals surface area contributed by atoms with Crippen LogP contribution in [0.3, 0.4) is 0 Å². The molecule has 224 valence electrons. The Kier molecular flexibility index (Phi) is 12.4. The lowest BCUT2D eigenvalue weighted by atomic mass is 9.79. The zero-order valence-corrected chi connectivity index (χ0v) is 23.7. The highest BCUT2D eigenvalue weighted by atomic mass is 16.7. The minimum absolute atomic E-state index is 0.0296. The SMILES string of the molecule is COCCOC(=O)C1=C(C)N(C(=O)OCOC(=O)CCCN)C(C)=C(C(=O)OC(C)C)C1c1cccc([N+](=O)[O-])c1. The van der Waals surface area contributed by atoms with Crippen LogP contribution < -0.4 is 5.73 Å². The maximum Gasteiger partial charge on any atom is 0.421 e. The van der Waals surface area contributed by atoms with Crippen LogP contribution >= 0.6 is 0 Å². The Morgan fingerprint density at radius 1 is 1.02 bits per heavy atom. The average molecular weight is 578 g/mol. The Hall–Kier alpha value is -4.30. The Morgan fingerprint density at radius 3 is 2.27 bits per heavy atom. The summed E-state index contributed by atoms with van der Waals surface area (Å²) in [6, 6.07) is 5.42. The lowest BCUT2D eigenvalue weighted by Crippen LogP contribution is -2.39. The number of nitro groups is 1. The van der Waals surface area contributed by atoms with Crippen LogP contribution in [-0.4, -0.2) is 73.6 Å². The number of methoxy groups -OCH3 is 1. The first kappa shape index (κ1) is 32.9. The standard InChI is InChI=1S/C27H35N3O11/c1-16(2)41-26(33)23-18(4)29(27(34)40-15-39-21(31)10-7-11-28)17(3)22(25(32)38-13-12-37-5)24(23)19-8-6-9-20(14-19)30(35)36/h6,8-9,14,16,24H,7,10-13,15,28H2,1-5H3. The molecule has 1 unspecified atom stereocenters. The number of benzene rings is 1.